The van der Waals surface area contributed by atoms with Gasteiger partial charge in [0.05, 0.1) is 17.6 Å². The van der Waals surface area contributed by atoms with Gasteiger partial charge in [-0.3, -0.25) is 4.99 Å². The number of nitrogens with two attached hydrogens (primary N) is 1. The molecule has 2 aromatic carbocycles. The second-order valence-corrected chi connectivity index (χ2v) is 9.99. The van der Waals surface area contributed by atoms with Crippen LogP contribution in [0.4, 0.5) is 0 Å². The largest absolute Gasteiger partial charge is 0.349 e. The number of allylic oxidation sites excluding steroid dienone is 4. The quantitative estimate of drug-likeness (QED) is 0.449. The van der Waals surface area contributed by atoms with Gasteiger partial charge in [0.25, 0.3) is 0 Å². The summed E-state index contributed by atoms with van der Waals surface area (Å²) < 4.78 is 0. The maximum atomic E-state index is 6.74. The van der Waals surface area contributed by atoms with E-state index in [9.17, 15) is 0 Å². The molecule has 0 aliphatic carbocycles. The lowest BCUT2D eigenvalue weighted by Crippen LogP contribution is -2.48. The first kappa shape index (κ1) is 25.8. The molecule has 2 N–H and O–H groups in total. The molecule has 0 radical (unpaired) electrons. The zero-order valence-corrected chi connectivity index (χ0v) is 21.8. The number of rotatable bonds is 6. The van der Waals surface area contributed by atoms with Crippen molar-refractivity contribution in [2.75, 3.05) is 5.88 Å². The van der Waals surface area contributed by atoms with Crippen LogP contribution < -0.4 is 5.73 Å². The van der Waals surface area contributed by atoms with Crippen LogP contribution in [0.25, 0.3) is 11.1 Å². The predicted octanol–water partition coefficient (Wildman–Crippen LogP) is 7.32. The lowest BCUT2D eigenvalue weighted by Gasteiger charge is -2.35. The van der Waals surface area contributed by atoms with Crippen molar-refractivity contribution in [3.05, 3.63) is 107 Å². The van der Waals surface area contributed by atoms with Gasteiger partial charge in [0.15, 0.2) is 0 Å². The maximum Gasteiger partial charge on any atom is 0.101 e. The Bertz CT molecular complexity index is 1120. The highest BCUT2D eigenvalue weighted by Gasteiger charge is 2.26. The molecule has 0 bridgehead atoms. The van der Waals surface area contributed by atoms with Gasteiger partial charge in [0.1, 0.15) is 6.17 Å². The summed E-state index contributed by atoms with van der Waals surface area (Å²) in [7, 11) is 0. The Balaban J connectivity index is 2.09. The van der Waals surface area contributed by atoms with E-state index in [1.165, 1.54) is 21.6 Å². The van der Waals surface area contributed by atoms with Crippen LogP contribution in [-0.2, 0) is 6.42 Å². The standard InChI is InChI=1S/C30H37N3S/c1-8-11-28-30(31)33(20(3)4)19-34-23(7)21(5)22(6)29(32-28)26-16-14-25(15-17-26)27-13-10-12-24(9-2)18-27/h8,10,12-18,28,30H,1,3,6,9,11,19,31H2,2,4-5,7H3/b23-21-,32-29?. The van der Waals surface area contributed by atoms with Gasteiger partial charge in [-0.2, -0.15) is 0 Å². The van der Waals surface area contributed by atoms with Crippen molar-refractivity contribution < 1.29 is 0 Å². The number of benzene rings is 2. The molecule has 0 amide bonds. The van der Waals surface area contributed by atoms with Crippen molar-refractivity contribution in [3.63, 3.8) is 0 Å². The first-order valence-corrected chi connectivity index (χ1v) is 12.8. The van der Waals surface area contributed by atoms with E-state index in [1.807, 2.05) is 13.0 Å². The SMILES string of the molecule is C=CCC1N=C(c2ccc(-c3cccc(CC)c3)cc2)C(=C)/C(C)=C(/C)SCN(C(=C)C)C1N. The average molecular weight is 472 g/mol. The minimum atomic E-state index is -0.298. The van der Waals surface area contributed by atoms with Crippen molar-refractivity contribution in [2.45, 2.75) is 52.7 Å². The van der Waals surface area contributed by atoms with Crippen LogP contribution in [0.1, 0.15) is 45.2 Å². The van der Waals surface area contributed by atoms with Crippen molar-refractivity contribution in [3.8, 4) is 11.1 Å². The number of aliphatic imine (C=N–C) groups is 1. The Kier molecular flexibility index (Phi) is 8.76. The number of aryl methyl sites for hydroxylation is 1. The average Bonchev–Trinajstić information content (AvgIpc) is 2.85. The molecule has 1 aliphatic rings. The second-order valence-electron chi connectivity index (χ2n) is 8.83. The fourth-order valence-corrected chi connectivity index (χ4v) is 5.11. The van der Waals surface area contributed by atoms with E-state index in [2.05, 4.69) is 93.9 Å². The fourth-order valence-electron chi connectivity index (χ4n) is 4.05. The normalized spacial score (nSPS) is 21.7. The molecule has 178 valence electrons. The molecule has 2 atom stereocenters. The summed E-state index contributed by atoms with van der Waals surface area (Å²) in [6, 6.07) is 17.2. The summed E-state index contributed by atoms with van der Waals surface area (Å²) in [5.74, 6) is 0.733. The highest BCUT2D eigenvalue weighted by molar-refractivity contribution is 8.03. The van der Waals surface area contributed by atoms with E-state index in [4.69, 9.17) is 10.7 Å². The molecule has 0 spiro atoms. The van der Waals surface area contributed by atoms with Crippen molar-refractivity contribution in [1.29, 1.82) is 0 Å². The Morgan fingerprint density at radius 3 is 2.44 bits per heavy atom. The first-order valence-electron chi connectivity index (χ1n) is 11.8. The molecule has 2 unspecified atom stereocenters. The van der Waals surface area contributed by atoms with Gasteiger partial charge in [0, 0.05) is 11.3 Å². The van der Waals surface area contributed by atoms with E-state index in [0.717, 1.165) is 40.4 Å². The van der Waals surface area contributed by atoms with Crippen LogP contribution in [0.5, 0.6) is 0 Å². The van der Waals surface area contributed by atoms with E-state index in [1.54, 1.807) is 11.8 Å². The molecular weight excluding hydrogens is 434 g/mol. The maximum absolute atomic E-state index is 6.74. The number of thioether (sulfide) groups is 1. The summed E-state index contributed by atoms with van der Waals surface area (Å²) in [5, 5.41) is 0. The topological polar surface area (TPSA) is 41.6 Å². The van der Waals surface area contributed by atoms with Crippen LogP contribution in [0, 0.1) is 0 Å². The van der Waals surface area contributed by atoms with Crippen molar-refractivity contribution >= 4 is 17.5 Å². The summed E-state index contributed by atoms with van der Waals surface area (Å²) in [6.07, 6.45) is 3.29. The molecular formula is C30H37N3S. The number of hydrogen-bond acceptors (Lipinski definition) is 4. The van der Waals surface area contributed by atoms with E-state index >= 15 is 0 Å². The fraction of sp³-hybridized carbons (Fsp3) is 0.300. The van der Waals surface area contributed by atoms with Crippen molar-refractivity contribution in [1.82, 2.24) is 4.90 Å². The third kappa shape index (κ3) is 5.81. The molecule has 0 saturated heterocycles. The Morgan fingerprint density at radius 1 is 1.15 bits per heavy atom. The summed E-state index contributed by atoms with van der Waals surface area (Å²) in [5.41, 5.74) is 15.5. The molecule has 0 saturated carbocycles. The molecule has 2 aromatic rings. The summed E-state index contributed by atoms with van der Waals surface area (Å²) in [4.78, 5) is 8.55. The van der Waals surface area contributed by atoms with Gasteiger partial charge in [-0.1, -0.05) is 74.7 Å². The zero-order chi connectivity index (χ0) is 24.8. The molecule has 1 heterocycles. The smallest absolute Gasteiger partial charge is 0.101 e. The van der Waals surface area contributed by atoms with Crippen molar-refractivity contribution in [2.24, 2.45) is 10.7 Å². The highest BCUT2D eigenvalue weighted by atomic mass is 32.2. The van der Waals surface area contributed by atoms with Crippen LogP contribution >= 0.6 is 11.8 Å². The van der Waals surface area contributed by atoms with E-state index in [-0.39, 0.29) is 12.2 Å². The minimum Gasteiger partial charge on any atom is -0.349 e. The van der Waals surface area contributed by atoms with Gasteiger partial charge in [-0.15, -0.1) is 18.3 Å². The molecule has 4 heteroatoms. The van der Waals surface area contributed by atoms with Crippen LogP contribution in [0.2, 0.25) is 0 Å². The molecule has 0 fully saturated rings. The third-order valence-corrected chi connectivity index (χ3v) is 7.61. The lowest BCUT2D eigenvalue weighted by atomic mass is 9.94. The molecule has 34 heavy (non-hydrogen) atoms. The molecule has 0 aromatic heterocycles. The first-order chi connectivity index (χ1) is 16.3. The molecule has 3 nitrogen and oxygen atoms in total. The van der Waals surface area contributed by atoms with Gasteiger partial charge in [-0.25, -0.2) is 0 Å². The van der Waals surface area contributed by atoms with Crippen LogP contribution in [0.3, 0.4) is 0 Å². The number of nitrogens with zero attached hydrogens (tertiary/aromatic N) is 2. The summed E-state index contributed by atoms with van der Waals surface area (Å²) in [6.45, 7) is 21.0. The van der Waals surface area contributed by atoms with Crippen LogP contribution in [-0.4, -0.2) is 28.7 Å². The Hall–Kier alpha value is -2.82. The van der Waals surface area contributed by atoms with Crippen LogP contribution in [0.15, 0.2) is 101 Å². The van der Waals surface area contributed by atoms with Gasteiger partial charge in [-0.05, 0) is 66.4 Å². The summed E-state index contributed by atoms with van der Waals surface area (Å²) >= 11 is 1.77. The predicted molar refractivity (Wildman–Crippen MR) is 151 cm³/mol. The van der Waals surface area contributed by atoms with E-state index < -0.39 is 0 Å². The molecule has 3 rings (SSSR count). The monoisotopic (exact) mass is 471 g/mol. The third-order valence-electron chi connectivity index (χ3n) is 6.46. The van der Waals surface area contributed by atoms with Gasteiger partial charge in [0.2, 0.25) is 0 Å². The number of hydrogen-bond donors (Lipinski definition) is 1. The Morgan fingerprint density at radius 2 is 1.82 bits per heavy atom. The Labute approximate surface area is 209 Å². The second kappa shape index (κ2) is 11.5. The molecule has 1 aliphatic heterocycles. The van der Waals surface area contributed by atoms with Gasteiger partial charge < -0.3 is 10.6 Å². The van der Waals surface area contributed by atoms with E-state index in [0.29, 0.717) is 6.42 Å². The lowest BCUT2D eigenvalue weighted by molar-refractivity contribution is 0.261. The zero-order valence-electron chi connectivity index (χ0n) is 21.0. The highest BCUT2D eigenvalue weighted by Crippen LogP contribution is 2.31. The van der Waals surface area contributed by atoms with Gasteiger partial charge >= 0.3 is 0 Å². The minimum absolute atomic E-state index is 0.159.